The van der Waals surface area contributed by atoms with E-state index in [2.05, 4.69) is 0 Å². The van der Waals surface area contributed by atoms with E-state index in [1.165, 1.54) is 0 Å². The number of aromatic nitrogens is 2. The van der Waals surface area contributed by atoms with Gasteiger partial charge in [0.25, 0.3) is 5.56 Å². The maximum absolute atomic E-state index is 13.1. The molecule has 0 saturated heterocycles. The molecular formula is C20H23N3O6. The number of benzene rings is 1. The number of carbonyl (C=O) groups is 2. The highest BCUT2D eigenvalue weighted by Gasteiger charge is 2.33. The predicted molar refractivity (Wildman–Crippen MR) is 104 cm³/mol. The number of aromatic hydroxyl groups is 1. The summed E-state index contributed by atoms with van der Waals surface area (Å²) in [5, 5.41) is 19.7. The zero-order valence-electron chi connectivity index (χ0n) is 15.8. The summed E-state index contributed by atoms with van der Waals surface area (Å²) in [5.41, 5.74) is 3.50. The molecule has 9 nitrogen and oxygen atoms in total. The van der Waals surface area contributed by atoms with E-state index in [0.717, 1.165) is 28.4 Å². The highest BCUT2D eigenvalue weighted by molar-refractivity contribution is 6.12. The minimum Gasteiger partial charge on any atom is -0.494 e. The van der Waals surface area contributed by atoms with E-state index in [0.29, 0.717) is 18.4 Å². The largest absolute Gasteiger partial charge is 0.494 e. The lowest BCUT2D eigenvalue weighted by molar-refractivity contribution is -0.137. The molecule has 1 aromatic carbocycles. The summed E-state index contributed by atoms with van der Waals surface area (Å²) < 4.78 is 1.90. The molecule has 1 aliphatic rings. The summed E-state index contributed by atoms with van der Waals surface area (Å²) in [5.74, 6) is -3.66. The fourth-order valence-corrected chi connectivity index (χ4v) is 3.72. The fraction of sp³-hybridized carbons (Fsp3) is 0.400. The van der Waals surface area contributed by atoms with Crippen LogP contribution in [0, 0.1) is 0 Å². The Balaban J connectivity index is 2.23. The molecule has 1 fully saturated rings. The van der Waals surface area contributed by atoms with Crippen molar-refractivity contribution in [2.24, 2.45) is 5.73 Å². The van der Waals surface area contributed by atoms with E-state index in [1.54, 1.807) is 30.3 Å². The Hall–Kier alpha value is -3.20. The molecule has 0 aliphatic heterocycles. The molecule has 0 radical (unpaired) electrons. The van der Waals surface area contributed by atoms with Crippen molar-refractivity contribution in [1.29, 1.82) is 0 Å². The minimum atomic E-state index is -2.02. The number of hydrogen-bond acceptors (Lipinski definition) is 6. The maximum atomic E-state index is 13.1. The smallest absolute Gasteiger partial charge is 0.334 e. The quantitative estimate of drug-likeness (QED) is 0.481. The third-order valence-corrected chi connectivity index (χ3v) is 5.27. The molecule has 29 heavy (non-hydrogen) atoms. The van der Waals surface area contributed by atoms with Gasteiger partial charge in [-0.05, 0) is 18.4 Å². The van der Waals surface area contributed by atoms with Crippen molar-refractivity contribution in [3.05, 3.63) is 62.3 Å². The van der Waals surface area contributed by atoms with Gasteiger partial charge in [0.05, 0.1) is 6.54 Å². The molecule has 2 aromatic rings. The Morgan fingerprint density at radius 2 is 1.72 bits per heavy atom. The number of Topliss-reactive ketones (excluding diaryl/α,β-unsaturated/α-hetero) is 1. The number of carboxylic acids is 1. The van der Waals surface area contributed by atoms with Gasteiger partial charge in [-0.25, -0.2) is 4.79 Å². The molecular weight excluding hydrogens is 378 g/mol. The average molecular weight is 401 g/mol. The average Bonchev–Trinajstić information content (AvgIpc) is 2.72. The highest BCUT2D eigenvalue weighted by atomic mass is 16.4. The first-order valence-corrected chi connectivity index (χ1v) is 9.47. The van der Waals surface area contributed by atoms with E-state index in [1.807, 2.05) is 0 Å². The van der Waals surface area contributed by atoms with Crippen LogP contribution in [0.15, 0.2) is 39.9 Å². The number of hydrogen-bond donors (Lipinski definition) is 3. The SMILES string of the molecule is NC(C(=O)O)C(=O)c1c(O)n(C2CCCCC2)c(=O)n(Cc2ccccc2)c1=O. The number of nitrogens with two attached hydrogens (primary N) is 1. The molecule has 1 atom stereocenters. The maximum Gasteiger partial charge on any atom is 0.334 e. The summed E-state index contributed by atoms with van der Waals surface area (Å²) >= 11 is 0. The molecule has 1 unspecified atom stereocenters. The van der Waals surface area contributed by atoms with E-state index in [9.17, 15) is 24.3 Å². The molecule has 1 saturated carbocycles. The summed E-state index contributed by atoms with van der Waals surface area (Å²) in [4.78, 5) is 49.8. The van der Waals surface area contributed by atoms with Crippen molar-refractivity contribution in [2.75, 3.05) is 0 Å². The number of rotatable bonds is 6. The lowest BCUT2D eigenvalue weighted by Gasteiger charge is -2.26. The van der Waals surface area contributed by atoms with Gasteiger partial charge in [-0.2, -0.15) is 0 Å². The molecule has 0 amide bonds. The van der Waals surface area contributed by atoms with Crippen molar-refractivity contribution in [2.45, 2.75) is 50.7 Å². The van der Waals surface area contributed by atoms with Crippen LogP contribution in [0.3, 0.4) is 0 Å². The number of ketones is 1. The first-order chi connectivity index (χ1) is 13.8. The molecule has 9 heteroatoms. The zero-order valence-corrected chi connectivity index (χ0v) is 15.8. The zero-order chi connectivity index (χ0) is 21.1. The molecule has 154 valence electrons. The summed E-state index contributed by atoms with van der Waals surface area (Å²) in [6.45, 7) is -0.117. The van der Waals surface area contributed by atoms with Gasteiger partial charge >= 0.3 is 11.7 Å². The fourth-order valence-electron chi connectivity index (χ4n) is 3.72. The van der Waals surface area contributed by atoms with E-state index >= 15 is 0 Å². The monoisotopic (exact) mass is 401 g/mol. The van der Waals surface area contributed by atoms with Crippen LogP contribution in [0.5, 0.6) is 5.88 Å². The normalized spacial score (nSPS) is 15.8. The van der Waals surface area contributed by atoms with E-state index in [4.69, 9.17) is 10.8 Å². The van der Waals surface area contributed by atoms with Gasteiger partial charge in [-0.1, -0.05) is 49.6 Å². The van der Waals surface area contributed by atoms with E-state index in [-0.39, 0.29) is 12.6 Å². The first-order valence-electron chi connectivity index (χ1n) is 9.47. The highest BCUT2D eigenvalue weighted by Crippen LogP contribution is 2.30. The third kappa shape index (κ3) is 4.00. The standard InChI is InChI=1S/C20H23N3O6/c21-15(19(27)28)16(24)14-17(25)22(11-12-7-3-1-4-8-12)20(29)23(18(14)26)13-9-5-2-6-10-13/h1,3-4,7-8,13,15,26H,2,5-6,9-11,21H2,(H,27,28). The van der Waals surface area contributed by atoms with Crippen LogP contribution in [-0.4, -0.2) is 37.1 Å². The van der Waals surface area contributed by atoms with Gasteiger partial charge in [0.1, 0.15) is 5.56 Å². The van der Waals surface area contributed by atoms with Gasteiger partial charge in [0.2, 0.25) is 11.7 Å². The van der Waals surface area contributed by atoms with Crippen LogP contribution in [0.4, 0.5) is 0 Å². The van der Waals surface area contributed by atoms with Gasteiger partial charge in [0, 0.05) is 6.04 Å². The van der Waals surface area contributed by atoms with Crippen molar-refractivity contribution < 1.29 is 19.8 Å². The van der Waals surface area contributed by atoms with Crippen LogP contribution < -0.4 is 17.0 Å². The summed E-state index contributed by atoms with van der Waals surface area (Å²) in [7, 11) is 0. The van der Waals surface area contributed by atoms with Crippen molar-refractivity contribution in [3.8, 4) is 5.88 Å². The third-order valence-electron chi connectivity index (χ3n) is 5.27. The van der Waals surface area contributed by atoms with Gasteiger partial charge in [-0.3, -0.25) is 23.5 Å². The molecule has 0 bridgehead atoms. The van der Waals surface area contributed by atoms with Gasteiger partial charge in [0.15, 0.2) is 6.04 Å². The Bertz CT molecular complexity index is 1030. The van der Waals surface area contributed by atoms with Gasteiger partial charge in [-0.15, -0.1) is 0 Å². The lowest BCUT2D eigenvalue weighted by atomic mass is 9.95. The molecule has 1 heterocycles. The molecule has 1 aliphatic carbocycles. The second-order valence-electron chi connectivity index (χ2n) is 7.20. The summed E-state index contributed by atoms with van der Waals surface area (Å²) in [6.07, 6.45) is 3.88. The summed E-state index contributed by atoms with van der Waals surface area (Å²) in [6, 6.07) is 6.30. The Morgan fingerprint density at radius 1 is 1.10 bits per heavy atom. The molecule has 1 aromatic heterocycles. The second-order valence-corrected chi connectivity index (χ2v) is 7.20. The number of carbonyl (C=O) groups excluding carboxylic acids is 1. The molecule has 4 N–H and O–H groups in total. The second kappa shape index (κ2) is 8.44. The Morgan fingerprint density at radius 3 is 2.31 bits per heavy atom. The minimum absolute atomic E-state index is 0.117. The van der Waals surface area contributed by atoms with Crippen LogP contribution in [0.25, 0.3) is 0 Å². The number of carboxylic acid groups (broad SMARTS) is 1. The van der Waals surface area contributed by atoms with Crippen LogP contribution in [0.1, 0.15) is 54.1 Å². The van der Waals surface area contributed by atoms with Crippen molar-refractivity contribution in [1.82, 2.24) is 9.13 Å². The molecule has 0 spiro atoms. The van der Waals surface area contributed by atoms with Crippen molar-refractivity contribution in [3.63, 3.8) is 0 Å². The number of nitrogens with zero attached hydrogens (tertiary/aromatic N) is 2. The number of aliphatic carboxylic acids is 1. The lowest BCUT2D eigenvalue weighted by Crippen LogP contribution is -2.48. The van der Waals surface area contributed by atoms with Gasteiger partial charge < -0.3 is 15.9 Å². The van der Waals surface area contributed by atoms with Crippen LogP contribution in [0.2, 0.25) is 0 Å². The Labute approximate surface area is 166 Å². The molecule has 3 rings (SSSR count). The predicted octanol–water partition coefficient (Wildman–Crippen LogP) is 0.864. The van der Waals surface area contributed by atoms with Crippen LogP contribution in [-0.2, 0) is 11.3 Å². The topological polar surface area (TPSA) is 145 Å². The van der Waals surface area contributed by atoms with E-state index < -0.39 is 40.5 Å². The first kappa shape index (κ1) is 20.5. The van der Waals surface area contributed by atoms with Crippen LogP contribution >= 0.6 is 0 Å². The van der Waals surface area contributed by atoms with Crippen molar-refractivity contribution >= 4 is 11.8 Å². The Kier molecular flexibility index (Phi) is 5.97.